The average Bonchev–Trinajstić information content (AvgIpc) is 3.15. The van der Waals surface area contributed by atoms with Crippen LogP contribution in [0.3, 0.4) is 0 Å². The summed E-state index contributed by atoms with van der Waals surface area (Å²) in [6.45, 7) is 2.85. The molecule has 1 aliphatic rings. The number of benzene rings is 1. The van der Waals surface area contributed by atoms with Crippen molar-refractivity contribution in [1.82, 2.24) is 10.1 Å². The quantitative estimate of drug-likeness (QED) is 0.927. The van der Waals surface area contributed by atoms with Gasteiger partial charge in [-0.05, 0) is 37.3 Å². The first kappa shape index (κ1) is 13.3. The molecule has 0 radical (unpaired) electrons. The summed E-state index contributed by atoms with van der Waals surface area (Å²) in [5, 5.41) is 4.13. The van der Waals surface area contributed by atoms with Crippen LogP contribution < -0.4 is 5.73 Å². The minimum absolute atomic E-state index is 0.344. The summed E-state index contributed by atoms with van der Waals surface area (Å²) >= 11 is 0. The van der Waals surface area contributed by atoms with Crippen LogP contribution in [0, 0.1) is 5.92 Å². The number of nitrogens with zero attached hydrogens (tertiary/aromatic N) is 2. The van der Waals surface area contributed by atoms with E-state index in [9.17, 15) is 0 Å². The summed E-state index contributed by atoms with van der Waals surface area (Å²) in [5.41, 5.74) is 8.15. The fraction of sp³-hybridized carbons (Fsp3) is 0.500. The highest BCUT2D eigenvalue weighted by Gasteiger charge is 2.31. The molecule has 1 aromatic heterocycles. The third-order valence-corrected chi connectivity index (χ3v) is 4.34. The maximum absolute atomic E-state index is 5.82. The SMILES string of the molecule is CCc1ccc(-c2noc(C3CCCC3CN)n2)cc1. The van der Waals surface area contributed by atoms with Crippen molar-refractivity contribution in [3.05, 3.63) is 35.7 Å². The van der Waals surface area contributed by atoms with E-state index >= 15 is 0 Å². The monoisotopic (exact) mass is 271 g/mol. The van der Waals surface area contributed by atoms with Crippen LogP contribution in [0.4, 0.5) is 0 Å². The van der Waals surface area contributed by atoms with Gasteiger partial charge >= 0.3 is 0 Å². The van der Waals surface area contributed by atoms with Crippen LogP contribution in [-0.4, -0.2) is 16.7 Å². The molecule has 0 spiro atoms. The van der Waals surface area contributed by atoms with Crippen LogP contribution >= 0.6 is 0 Å². The molecule has 0 amide bonds. The van der Waals surface area contributed by atoms with Crippen molar-refractivity contribution >= 4 is 0 Å². The van der Waals surface area contributed by atoms with E-state index in [0.29, 0.717) is 24.2 Å². The number of rotatable bonds is 4. The first-order valence-corrected chi connectivity index (χ1v) is 7.44. The molecule has 1 aromatic carbocycles. The molecule has 3 rings (SSSR count). The molecule has 2 N–H and O–H groups in total. The predicted octanol–water partition coefficient (Wildman–Crippen LogP) is 3.14. The average molecular weight is 271 g/mol. The predicted molar refractivity (Wildman–Crippen MR) is 78.2 cm³/mol. The number of aromatic nitrogens is 2. The lowest BCUT2D eigenvalue weighted by molar-refractivity contribution is 0.326. The van der Waals surface area contributed by atoms with Crippen LogP contribution in [0.5, 0.6) is 0 Å². The Morgan fingerprint density at radius 2 is 2.05 bits per heavy atom. The third-order valence-electron chi connectivity index (χ3n) is 4.34. The van der Waals surface area contributed by atoms with Gasteiger partial charge in [-0.3, -0.25) is 0 Å². The Balaban J connectivity index is 1.82. The fourth-order valence-corrected chi connectivity index (χ4v) is 3.04. The van der Waals surface area contributed by atoms with Gasteiger partial charge in [0.15, 0.2) is 0 Å². The van der Waals surface area contributed by atoms with E-state index in [0.717, 1.165) is 24.3 Å². The van der Waals surface area contributed by atoms with Gasteiger partial charge in [-0.25, -0.2) is 0 Å². The Morgan fingerprint density at radius 3 is 2.75 bits per heavy atom. The minimum Gasteiger partial charge on any atom is -0.339 e. The number of nitrogens with two attached hydrogens (primary N) is 1. The van der Waals surface area contributed by atoms with Gasteiger partial charge in [0.1, 0.15) is 0 Å². The summed E-state index contributed by atoms with van der Waals surface area (Å²) in [5.74, 6) is 2.28. The highest BCUT2D eigenvalue weighted by Crippen LogP contribution is 2.38. The topological polar surface area (TPSA) is 64.9 Å². The zero-order chi connectivity index (χ0) is 13.9. The van der Waals surface area contributed by atoms with E-state index in [1.54, 1.807) is 0 Å². The van der Waals surface area contributed by atoms with Gasteiger partial charge in [0, 0.05) is 11.5 Å². The lowest BCUT2D eigenvalue weighted by Crippen LogP contribution is -2.17. The molecule has 2 aromatic rings. The molecule has 106 valence electrons. The molecule has 4 heteroatoms. The Labute approximate surface area is 119 Å². The van der Waals surface area contributed by atoms with Crippen molar-refractivity contribution in [2.45, 2.75) is 38.5 Å². The second-order valence-electron chi connectivity index (χ2n) is 5.54. The molecule has 2 unspecified atom stereocenters. The standard InChI is InChI=1S/C16H21N3O/c1-2-11-6-8-12(9-7-11)15-18-16(20-19-15)14-5-3-4-13(14)10-17/h6-9,13-14H,2-5,10,17H2,1H3. The number of hydrogen-bond donors (Lipinski definition) is 1. The fourth-order valence-electron chi connectivity index (χ4n) is 3.04. The van der Waals surface area contributed by atoms with Gasteiger partial charge in [0.2, 0.25) is 11.7 Å². The zero-order valence-electron chi connectivity index (χ0n) is 11.9. The second kappa shape index (κ2) is 5.75. The maximum Gasteiger partial charge on any atom is 0.230 e. The number of aryl methyl sites for hydroxylation is 1. The number of hydrogen-bond acceptors (Lipinski definition) is 4. The van der Waals surface area contributed by atoms with E-state index in [1.807, 2.05) is 0 Å². The highest BCUT2D eigenvalue weighted by atomic mass is 16.5. The van der Waals surface area contributed by atoms with Gasteiger partial charge in [-0.2, -0.15) is 4.98 Å². The Morgan fingerprint density at radius 1 is 1.25 bits per heavy atom. The molecule has 2 atom stereocenters. The van der Waals surface area contributed by atoms with E-state index in [2.05, 4.69) is 41.3 Å². The normalized spacial score (nSPS) is 22.3. The molecule has 4 nitrogen and oxygen atoms in total. The summed E-state index contributed by atoms with van der Waals surface area (Å²) in [7, 11) is 0. The molecule has 0 saturated heterocycles. The van der Waals surface area contributed by atoms with Gasteiger partial charge in [0.25, 0.3) is 0 Å². The van der Waals surface area contributed by atoms with Crippen LogP contribution in [0.1, 0.15) is 43.6 Å². The first-order valence-electron chi connectivity index (χ1n) is 7.44. The third kappa shape index (κ3) is 2.48. The molecule has 1 aliphatic carbocycles. The summed E-state index contributed by atoms with van der Waals surface area (Å²) in [4.78, 5) is 4.58. The molecule has 1 saturated carbocycles. The van der Waals surface area contributed by atoms with Crippen molar-refractivity contribution in [3.8, 4) is 11.4 Å². The lowest BCUT2D eigenvalue weighted by Gasteiger charge is -2.12. The van der Waals surface area contributed by atoms with Crippen LogP contribution in [-0.2, 0) is 6.42 Å². The summed E-state index contributed by atoms with van der Waals surface area (Å²) < 4.78 is 5.47. The largest absolute Gasteiger partial charge is 0.339 e. The van der Waals surface area contributed by atoms with E-state index in [1.165, 1.54) is 18.4 Å². The summed E-state index contributed by atoms with van der Waals surface area (Å²) in [6, 6.07) is 8.35. The van der Waals surface area contributed by atoms with Crippen LogP contribution in [0.15, 0.2) is 28.8 Å². The highest BCUT2D eigenvalue weighted by molar-refractivity contribution is 5.54. The van der Waals surface area contributed by atoms with Crippen molar-refractivity contribution in [2.75, 3.05) is 6.54 Å². The molecule has 1 fully saturated rings. The molecule has 1 heterocycles. The van der Waals surface area contributed by atoms with Crippen molar-refractivity contribution in [1.29, 1.82) is 0 Å². The molecule has 20 heavy (non-hydrogen) atoms. The van der Waals surface area contributed by atoms with E-state index in [4.69, 9.17) is 10.3 Å². The van der Waals surface area contributed by atoms with Crippen LogP contribution in [0.2, 0.25) is 0 Å². The molecular weight excluding hydrogens is 250 g/mol. The van der Waals surface area contributed by atoms with Gasteiger partial charge < -0.3 is 10.3 Å². The van der Waals surface area contributed by atoms with E-state index in [-0.39, 0.29) is 0 Å². The molecule has 0 bridgehead atoms. The van der Waals surface area contributed by atoms with E-state index < -0.39 is 0 Å². The molecule has 0 aliphatic heterocycles. The Kier molecular flexibility index (Phi) is 3.83. The van der Waals surface area contributed by atoms with Gasteiger partial charge in [-0.15, -0.1) is 0 Å². The maximum atomic E-state index is 5.82. The Bertz CT molecular complexity index is 561. The second-order valence-corrected chi connectivity index (χ2v) is 5.54. The zero-order valence-corrected chi connectivity index (χ0v) is 11.9. The first-order chi connectivity index (χ1) is 9.81. The minimum atomic E-state index is 0.344. The van der Waals surface area contributed by atoms with Crippen molar-refractivity contribution in [2.24, 2.45) is 11.7 Å². The van der Waals surface area contributed by atoms with Crippen LogP contribution in [0.25, 0.3) is 11.4 Å². The van der Waals surface area contributed by atoms with Gasteiger partial charge in [-0.1, -0.05) is 42.8 Å². The van der Waals surface area contributed by atoms with Gasteiger partial charge in [0.05, 0.1) is 0 Å². The van der Waals surface area contributed by atoms with Crippen molar-refractivity contribution < 1.29 is 4.52 Å². The Hall–Kier alpha value is -1.68. The van der Waals surface area contributed by atoms with Crippen molar-refractivity contribution in [3.63, 3.8) is 0 Å². The summed E-state index contributed by atoms with van der Waals surface area (Å²) in [6.07, 6.45) is 4.52. The lowest BCUT2D eigenvalue weighted by atomic mass is 9.96. The molecular formula is C16H21N3O. The smallest absolute Gasteiger partial charge is 0.230 e.